The highest BCUT2D eigenvalue weighted by atomic mass is 19.1. The van der Waals surface area contributed by atoms with E-state index in [0.717, 1.165) is 48.8 Å². The second-order valence-corrected chi connectivity index (χ2v) is 11.6. The van der Waals surface area contributed by atoms with Crippen LogP contribution >= 0.6 is 0 Å². The van der Waals surface area contributed by atoms with Crippen molar-refractivity contribution in [2.75, 3.05) is 7.11 Å². The van der Waals surface area contributed by atoms with E-state index in [4.69, 9.17) is 9.47 Å². The van der Waals surface area contributed by atoms with Gasteiger partial charge in [0.1, 0.15) is 12.4 Å². The second kappa shape index (κ2) is 10.9. The third-order valence-electron chi connectivity index (χ3n) is 8.45. The van der Waals surface area contributed by atoms with Gasteiger partial charge in [0.05, 0.1) is 19.7 Å². The first kappa shape index (κ1) is 27.1. The number of aromatic nitrogens is 1. The van der Waals surface area contributed by atoms with E-state index in [1.54, 1.807) is 24.3 Å². The zero-order chi connectivity index (χ0) is 27.7. The topological polar surface area (TPSA) is 68.7 Å². The average Bonchev–Trinajstić information content (AvgIpc) is 3.69. The second-order valence-electron chi connectivity index (χ2n) is 11.6. The summed E-state index contributed by atoms with van der Waals surface area (Å²) in [5, 5.41) is 9.35. The minimum atomic E-state index is -0.927. The van der Waals surface area contributed by atoms with Gasteiger partial charge in [-0.15, -0.1) is 0 Å². The number of carboxylic acids is 1. The Kier molecular flexibility index (Phi) is 7.61. The van der Waals surface area contributed by atoms with Gasteiger partial charge in [-0.3, -0.25) is 4.79 Å². The minimum Gasteiger partial charge on any atom is -0.486 e. The van der Waals surface area contributed by atoms with Crippen molar-refractivity contribution in [1.82, 2.24) is 4.98 Å². The number of pyridine rings is 1. The summed E-state index contributed by atoms with van der Waals surface area (Å²) in [6.07, 6.45) is 6.09. The van der Waals surface area contributed by atoms with Crippen LogP contribution in [0, 0.1) is 23.0 Å². The molecule has 0 spiro atoms. The van der Waals surface area contributed by atoms with Crippen LogP contribution in [-0.4, -0.2) is 23.2 Å². The first-order valence-electron chi connectivity index (χ1n) is 13.6. The lowest BCUT2D eigenvalue weighted by Crippen LogP contribution is -2.17. The van der Waals surface area contributed by atoms with Crippen LogP contribution in [0.3, 0.4) is 0 Å². The van der Waals surface area contributed by atoms with Gasteiger partial charge in [-0.1, -0.05) is 50.6 Å². The summed E-state index contributed by atoms with van der Waals surface area (Å²) in [5.74, 6) is -1.31. The Morgan fingerprint density at radius 1 is 1.13 bits per heavy atom. The number of hydrogen-bond donors (Lipinski definition) is 1. The minimum absolute atomic E-state index is 0.0459. The highest BCUT2D eigenvalue weighted by Gasteiger charge is 2.38. The van der Waals surface area contributed by atoms with Crippen molar-refractivity contribution >= 4 is 5.97 Å². The molecule has 2 fully saturated rings. The van der Waals surface area contributed by atoms with Crippen LogP contribution in [0.25, 0.3) is 11.1 Å². The van der Waals surface area contributed by atoms with E-state index < -0.39 is 17.6 Å². The van der Waals surface area contributed by atoms with E-state index in [9.17, 15) is 14.3 Å². The summed E-state index contributed by atoms with van der Waals surface area (Å²) < 4.78 is 41.7. The molecule has 0 aliphatic heterocycles. The molecule has 5 rings (SSSR count). The monoisotopic (exact) mass is 535 g/mol. The zero-order valence-electron chi connectivity index (χ0n) is 22.7. The van der Waals surface area contributed by atoms with Crippen molar-refractivity contribution < 1.29 is 28.2 Å². The van der Waals surface area contributed by atoms with E-state index in [1.165, 1.54) is 13.3 Å². The molecule has 0 saturated heterocycles. The van der Waals surface area contributed by atoms with Crippen LogP contribution in [0.1, 0.15) is 80.9 Å². The number of halogens is 2. The fraction of sp³-hybridized carbons (Fsp3) is 0.438. The Balaban J connectivity index is 1.46. The number of aliphatic carboxylic acids is 1. The van der Waals surface area contributed by atoms with Crippen LogP contribution in [0.2, 0.25) is 0 Å². The Labute approximate surface area is 228 Å². The fourth-order valence-corrected chi connectivity index (χ4v) is 6.18. The van der Waals surface area contributed by atoms with Crippen molar-refractivity contribution in [2.24, 2.45) is 11.3 Å². The largest absolute Gasteiger partial charge is 0.486 e. The highest BCUT2D eigenvalue weighted by Crippen LogP contribution is 2.51. The summed E-state index contributed by atoms with van der Waals surface area (Å²) >= 11 is 0. The van der Waals surface area contributed by atoms with E-state index in [-0.39, 0.29) is 41.9 Å². The van der Waals surface area contributed by atoms with Crippen molar-refractivity contribution in [3.63, 3.8) is 0 Å². The van der Waals surface area contributed by atoms with Crippen LogP contribution in [0.15, 0.2) is 48.7 Å². The standard InChI is InChI=1S/C32H35F2NO4/c1-32(2)13-5-7-26(32)24-14-19(9-12-21(24)25-15-29(38-3)35-17-27(25)33)18-39-28-8-4-6-22(31(28)34)23(16-30(36)37)20-10-11-20/h4,6,8-9,12,14-15,17,20,23,26H,5,7,10-11,13,16,18H2,1-3H3,(H,36,37)/t23?,26-/m1/s1. The number of carbonyl (C=O) groups is 1. The first-order chi connectivity index (χ1) is 18.7. The number of ether oxygens (including phenoxy) is 2. The van der Waals surface area contributed by atoms with Gasteiger partial charge >= 0.3 is 5.97 Å². The van der Waals surface area contributed by atoms with Crippen molar-refractivity contribution in [1.29, 1.82) is 0 Å². The maximum Gasteiger partial charge on any atom is 0.303 e. The van der Waals surface area contributed by atoms with Gasteiger partial charge in [0, 0.05) is 17.5 Å². The molecule has 5 nitrogen and oxygen atoms in total. The average molecular weight is 536 g/mol. The quantitative estimate of drug-likeness (QED) is 0.286. The lowest BCUT2D eigenvalue weighted by Gasteiger charge is -2.30. The molecule has 2 saturated carbocycles. The van der Waals surface area contributed by atoms with Gasteiger partial charge in [0.15, 0.2) is 11.6 Å². The molecule has 2 atom stereocenters. The molecule has 0 radical (unpaired) electrons. The van der Waals surface area contributed by atoms with E-state index >= 15 is 4.39 Å². The third-order valence-corrected chi connectivity index (χ3v) is 8.45. The van der Waals surface area contributed by atoms with Crippen molar-refractivity contribution in [3.05, 3.63) is 77.0 Å². The molecule has 206 valence electrons. The lowest BCUT2D eigenvalue weighted by atomic mass is 9.75. The van der Waals surface area contributed by atoms with Crippen LogP contribution in [0.4, 0.5) is 8.78 Å². The fourth-order valence-electron chi connectivity index (χ4n) is 6.18. The van der Waals surface area contributed by atoms with Crippen molar-refractivity contribution in [2.45, 2.75) is 70.8 Å². The molecule has 1 aromatic heterocycles. The van der Waals surface area contributed by atoms with Crippen molar-refractivity contribution in [3.8, 4) is 22.8 Å². The summed E-state index contributed by atoms with van der Waals surface area (Å²) in [4.78, 5) is 15.4. The van der Waals surface area contributed by atoms with Crippen LogP contribution in [0.5, 0.6) is 11.6 Å². The predicted molar refractivity (Wildman–Crippen MR) is 145 cm³/mol. The molecule has 7 heteroatoms. The summed E-state index contributed by atoms with van der Waals surface area (Å²) in [5.41, 5.74) is 3.58. The van der Waals surface area contributed by atoms with Gasteiger partial charge in [-0.05, 0) is 71.3 Å². The van der Waals surface area contributed by atoms with Gasteiger partial charge in [0.25, 0.3) is 0 Å². The van der Waals surface area contributed by atoms with Crippen LogP contribution in [-0.2, 0) is 11.4 Å². The number of carboxylic acid groups (broad SMARTS) is 1. The van der Waals surface area contributed by atoms with E-state index in [0.29, 0.717) is 17.0 Å². The normalized spacial score (nSPS) is 19.1. The molecule has 0 amide bonds. The molecule has 1 N–H and O–H groups in total. The molecule has 1 unspecified atom stereocenters. The molecule has 0 bridgehead atoms. The smallest absolute Gasteiger partial charge is 0.303 e. The number of methoxy groups -OCH3 is 1. The summed E-state index contributed by atoms with van der Waals surface area (Å²) in [7, 11) is 1.51. The Bertz CT molecular complexity index is 1370. The summed E-state index contributed by atoms with van der Waals surface area (Å²) in [6.45, 7) is 4.63. The molecule has 3 aromatic rings. The number of benzene rings is 2. The Morgan fingerprint density at radius 3 is 2.59 bits per heavy atom. The zero-order valence-corrected chi connectivity index (χ0v) is 22.7. The van der Waals surface area contributed by atoms with Crippen LogP contribution < -0.4 is 9.47 Å². The first-order valence-corrected chi connectivity index (χ1v) is 13.6. The molecule has 1 heterocycles. The SMILES string of the molecule is COc1cc(-c2ccc(COc3cccc(C(CC(=O)O)C4CC4)c3F)cc2[C@H]2CCCC2(C)C)c(F)cn1. The Hall–Kier alpha value is -3.48. The lowest BCUT2D eigenvalue weighted by molar-refractivity contribution is -0.137. The molecule has 2 aliphatic rings. The maximum absolute atomic E-state index is 15.5. The van der Waals surface area contributed by atoms with Gasteiger partial charge in [-0.25, -0.2) is 13.8 Å². The highest BCUT2D eigenvalue weighted by molar-refractivity contribution is 5.70. The molecular formula is C32H35F2NO4. The molecular weight excluding hydrogens is 500 g/mol. The number of rotatable bonds is 10. The van der Waals surface area contributed by atoms with E-state index in [2.05, 4.69) is 24.9 Å². The van der Waals surface area contributed by atoms with E-state index in [1.807, 2.05) is 12.1 Å². The summed E-state index contributed by atoms with van der Waals surface area (Å²) in [6, 6.07) is 12.4. The maximum atomic E-state index is 15.5. The molecule has 39 heavy (non-hydrogen) atoms. The number of nitrogens with zero attached hydrogens (tertiary/aromatic N) is 1. The van der Waals surface area contributed by atoms with Gasteiger partial charge in [-0.2, -0.15) is 0 Å². The molecule has 2 aliphatic carbocycles. The Morgan fingerprint density at radius 2 is 1.92 bits per heavy atom. The predicted octanol–water partition coefficient (Wildman–Crippen LogP) is 7.88. The third kappa shape index (κ3) is 5.77. The number of hydrogen-bond acceptors (Lipinski definition) is 4. The van der Waals surface area contributed by atoms with Gasteiger partial charge < -0.3 is 14.6 Å². The molecule has 2 aromatic carbocycles. The van der Waals surface area contributed by atoms with Gasteiger partial charge in [0.2, 0.25) is 5.88 Å².